The summed E-state index contributed by atoms with van der Waals surface area (Å²) in [5.41, 5.74) is 0. The van der Waals surface area contributed by atoms with Gasteiger partial charge >= 0.3 is 49.8 Å². The predicted octanol–water partition coefficient (Wildman–Crippen LogP) is 2.26. The molecule has 0 aromatic rings. The van der Waals surface area contributed by atoms with E-state index in [2.05, 4.69) is 0 Å². The summed E-state index contributed by atoms with van der Waals surface area (Å²) in [6.45, 7) is 0. The zero-order valence-electron chi connectivity index (χ0n) is 1.63. The maximum atomic E-state index is 5.19. The fourth-order valence-corrected chi connectivity index (χ4v) is 0. The molecule has 0 heterocycles. The molecule has 0 saturated heterocycles. The monoisotopic (exact) mass is 245 g/mol. The molecule has 0 bridgehead atoms. The molecule has 0 atom stereocenters. The third-order valence-corrected chi connectivity index (χ3v) is 0. The maximum absolute atomic E-state index is 5.19. The first-order chi connectivity index (χ1) is 1.73. The Hall–Kier alpha value is 2.02. The van der Waals surface area contributed by atoms with Crippen molar-refractivity contribution in [2.75, 3.05) is 0 Å². The van der Waals surface area contributed by atoms with Crippen LogP contribution in [0.2, 0.25) is 0 Å². The standard InChI is InChI=1S/2ClH.HI.Ti/h3*1H;/q;;;+3/p-3. The van der Waals surface area contributed by atoms with Crippen LogP contribution in [0.4, 0.5) is 0 Å². The predicted molar refractivity (Wildman–Crippen MR) is 25.7 cm³/mol. The van der Waals surface area contributed by atoms with Gasteiger partial charge in [-0.1, -0.05) is 0 Å². The fraction of sp³-hybridized carbons (Fsp3) is 0. The molecule has 0 radical (unpaired) electrons. The van der Waals surface area contributed by atoms with Crippen molar-refractivity contribution >= 4 is 37.8 Å². The van der Waals surface area contributed by atoms with Gasteiger partial charge in [0.25, 0.3) is 0 Å². The molecule has 0 aliphatic rings. The molecule has 25 valence electrons. The van der Waals surface area contributed by atoms with Crippen molar-refractivity contribution in [3.63, 3.8) is 0 Å². The number of halogens is 3. The summed E-state index contributed by atoms with van der Waals surface area (Å²) in [5, 5.41) is 0. The molecule has 0 N–H and O–H groups in total. The van der Waals surface area contributed by atoms with Gasteiger partial charge in [-0.05, 0) is 0 Å². The SMILES string of the molecule is [Cl][Ti]([Cl])[I]. The summed E-state index contributed by atoms with van der Waals surface area (Å²) in [6, 6.07) is 0. The van der Waals surface area contributed by atoms with Gasteiger partial charge in [-0.2, -0.15) is 0 Å². The second kappa shape index (κ2) is 3.22. The van der Waals surface area contributed by atoms with E-state index in [-0.39, 0.29) is 0 Å². The molecule has 0 fully saturated rings. The summed E-state index contributed by atoms with van der Waals surface area (Å²) >= 11 is 0.622. The first-order valence-corrected chi connectivity index (χ1v) is 9.90. The van der Waals surface area contributed by atoms with Gasteiger partial charge in [0, 0.05) is 0 Å². The Labute approximate surface area is 49.1 Å². The van der Waals surface area contributed by atoms with E-state index in [4.69, 9.17) is 18.6 Å². The van der Waals surface area contributed by atoms with Crippen LogP contribution in [0.15, 0.2) is 0 Å². The molecule has 0 rings (SSSR count). The van der Waals surface area contributed by atoms with Crippen LogP contribution in [0.1, 0.15) is 0 Å². The summed E-state index contributed by atoms with van der Waals surface area (Å²) in [6.07, 6.45) is 0. The fourth-order valence-electron chi connectivity index (χ4n) is 0. The summed E-state index contributed by atoms with van der Waals surface area (Å²) < 4.78 is 0. The molecule has 0 aliphatic carbocycles. The number of rotatable bonds is 0. The van der Waals surface area contributed by atoms with Crippen molar-refractivity contribution in [3.8, 4) is 0 Å². The molecule has 0 saturated carbocycles. The molecule has 0 aromatic heterocycles. The third-order valence-electron chi connectivity index (χ3n) is 0. The van der Waals surface area contributed by atoms with Gasteiger partial charge in [-0.3, -0.25) is 0 Å². The van der Waals surface area contributed by atoms with E-state index in [1.807, 2.05) is 19.2 Å². The van der Waals surface area contributed by atoms with E-state index in [1.165, 1.54) is 0 Å². The minimum absolute atomic E-state index is 1.42. The van der Waals surface area contributed by atoms with Crippen LogP contribution in [0.5, 0.6) is 0 Å². The Morgan fingerprint density at radius 3 is 1.50 bits per heavy atom. The number of hydrogen-bond acceptors (Lipinski definition) is 0. The van der Waals surface area contributed by atoms with Gasteiger partial charge in [0.2, 0.25) is 0 Å². The first-order valence-electron chi connectivity index (χ1n) is 0.567. The van der Waals surface area contributed by atoms with E-state index in [1.54, 1.807) is 0 Å². The van der Waals surface area contributed by atoms with Crippen molar-refractivity contribution in [1.29, 1.82) is 0 Å². The summed E-state index contributed by atoms with van der Waals surface area (Å²) in [4.78, 5) is 0. The molecule has 4 heteroatoms. The topological polar surface area (TPSA) is 0 Å². The van der Waals surface area contributed by atoms with Crippen LogP contribution in [-0.2, 0) is 12.0 Å². The van der Waals surface area contributed by atoms with Crippen molar-refractivity contribution in [1.82, 2.24) is 0 Å². The average Bonchev–Trinajstić information content (AvgIpc) is 0.811. The van der Waals surface area contributed by atoms with Gasteiger partial charge in [0.15, 0.2) is 0 Å². The molecule has 0 aliphatic heterocycles. The Morgan fingerprint density at radius 2 is 1.50 bits per heavy atom. The zero-order valence-corrected chi connectivity index (χ0v) is 6.86. The van der Waals surface area contributed by atoms with E-state index in [0.717, 1.165) is 0 Å². The van der Waals surface area contributed by atoms with Gasteiger partial charge in [-0.25, -0.2) is 0 Å². The van der Waals surface area contributed by atoms with Gasteiger partial charge in [0.05, 0.1) is 0 Å². The second-order valence-electron chi connectivity index (χ2n) is 0.214. The van der Waals surface area contributed by atoms with Crippen LogP contribution < -0.4 is 0 Å². The van der Waals surface area contributed by atoms with Crippen LogP contribution in [0.3, 0.4) is 0 Å². The zero-order chi connectivity index (χ0) is 3.58. The van der Waals surface area contributed by atoms with Gasteiger partial charge in [0.1, 0.15) is 0 Å². The van der Waals surface area contributed by atoms with Gasteiger partial charge in [-0.15, -0.1) is 0 Å². The summed E-state index contributed by atoms with van der Waals surface area (Å²) in [5.74, 6) is 0. The van der Waals surface area contributed by atoms with Gasteiger partial charge < -0.3 is 0 Å². The normalized spacial score (nSPS) is 6.75. The Bertz CT molecular complexity index is 10.8. The quantitative estimate of drug-likeness (QED) is 0.454. The molecule has 0 unspecified atom stereocenters. The van der Waals surface area contributed by atoms with E-state index >= 15 is 0 Å². The number of hydrogen-bond donors (Lipinski definition) is 0. The van der Waals surface area contributed by atoms with Crippen LogP contribution in [-0.4, -0.2) is 0 Å². The molecular weight excluding hydrogens is 246 g/mol. The first kappa shape index (κ1) is 6.02. The van der Waals surface area contributed by atoms with Crippen LogP contribution in [0.25, 0.3) is 0 Å². The van der Waals surface area contributed by atoms with Crippen LogP contribution >= 0.6 is 37.8 Å². The second-order valence-corrected chi connectivity index (χ2v) is 14.5. The Kier molecular flexibility index (Phi) is 4.85. The minimum atomic E-state index is -1.42. The van der Waals surface area contributed by atoms with Crippen molar-refractivity contribution in [2.45, 2.75) is 0 Å². The van der Waals surface area contributed by atoms with Crippen molar-refractivity contribution in [3.05, 3.63) is 0 Å². The summed E-state index contributed by atoms with van der Waals surface area (Å²) in [7, 11) is 10.4. The molecular formula is Cl2ITi. The van der Waals surface area contributed by atoms with Crippen molar-refractivity contribution < 1.29 is 12.0 Å². The molecule has 0 nitrogen and oxygen atoms in total. The third kappa shape index (κ3) is 8.98. The van der Waals surface area contributed by atoms with E-state index in [0.29, 0.717) is 0 Å². The Morgan fingerprint density at radius 1 is 1.50 bits per heavy atom. The van der Waals surface area contributed by atoms with E-state index < -0.39 is 12.0 Å². The van der Waals surface area contributed by atoms with E-state index in [9.17, 15) is 0 Å². The molecule has 4 heavy (non-hydrogen) atoms. The van der Waals surface area contributed by atoms with Crippen molar-refractivity contribution in [2.24, 2.45) is 0 Å². The molecule has 0 amide bonds. The molecule has 0 aromatic carbocycles. The van der Waals surface area contributed by atoms with Crippen LogP contribution in [0, 0.1) is 0 Å². The molecule has 0 spiro atoms. The Balaban J connectivity index is 2.32. The average molecular weight is 246 g/mol.